The molecule has 0 radical (unpaired) electrons. The number of likely N-dealkylation sites (N-methyl/N-ethyl adjacent to an activating group) is 1. The number of halogens is 1. The molecule has 2 unspecified atom stereocenters. The number of nitrogens with two attached hydrogens (primary N) is 1. The smallest absolute Gasteiger partial charge is 0.0360 e. The number of rotatable bonds is 5. The molecule has 2 atom stereocenters. The number of nitrogens with zero attached hydrogens (tertiary/aromatic N) is 1. The molecular formula is C16H25BrN2. The third-order valence-corrected chi connectivity index (χ3v) is 5.33. The maximum Gasteiger partial charge on any atom is 0.0360 e. The van der Waals surface area contributed by atoms with Gasteiger partial charge in [0.25, 0.3) is 0 Å². The van der Waals surface area contributed by atoms with E-state index in [1.165, 1.54) is 31.2 Å². The fourth-order valence-electron chi connectivity index (χ4n) is 3.71. The molecule has 1 aromatic carbocycles. The summed E-state index contributed by atoms with van der Waals surface area (Å²) in [6.07, 6.45) is 5.13. The Bertz CT molecular complexity index is 421. The zero-order chi connectivity index (χ0) is 13.9. The largest absolute Gasteiger partial charge is 0.329 e. The molecule has 0 aromatic heterocycles. The van der Waals surface area contributed by atoms with Gasteiger partial charge in [0, 0.05) is 23.1 Å². The Balaban J connectivity index is 2.15. The average Bonchev–Trinajstić information content (AvgIpc) is 2.82. The zero-order valence-electron chi connectivity index (χ0n) is 12.0. The fraction of sp³-hybridized carbons (Fsp3) is 0.625. The van der Waals surface area contributed by atoms with Crippen molar-refractivity contribution in [2.24, 2.45) is 11.7 Å². The Kier molecular flexibility index (Phi) is 5.04. The van der Waals surface area contributed by atoms with Crippen molar-refractivity contribution in [2.75, 3.05) is 13.6 Å². The van der Waals surface area contributed by atoms with Crippen LogP contribution >= 0.6 is 15.9 Å². The van der Waals surface area contributed by atoms with Crippen LogP contribution in [0, 0.1) is 5.92 Å². The van der Waals surface area contributed by atoms with Crippen LogP contribution in [0.1, 0.15) is 38.2 Å². The Morgan fingerprint density at radius 2 is 2.26 bits per heavy atom. The SMILES string of the molecule is CCC1CCCC1(CN)N(C)Cc1cccc(Br)c1. The lowest BCUT2D eigenvalue weighted by atomic mass is 9.83. The van der Waals surface area contributed by atoms with Crippen LogP contribution < -0.4 is 5.73 Å². The van der Waals surface area contributed by atoms with E-state index in [2.05, 4.69) is 59.1 Å². The molecule has 2 N–H and O–H groups in total. The predicted octanol–water partition coefficient (Wildman–Crippen LogP) is 3.79. The maximum absolute atomic E-state index is 6.17. The Morgan fingerprint density at radius 3 is 2.89 bits per heavy atom. The van der Waals surface area contributed by atoms with Crippen LogP contribution in [-0.4, -0.2) is 24.0 Å². The number of hydrogen-bond acceptors (Lipinski definition) is 2. The van der Waals surface area contributed by atoms with E-state index in [-0.39, 0.29) is 5.54 Å². The van der Waals surface area contributed by atoms with Gasteiger partial charge in [-0.3, -0.25) is 4.90 Å². The molecule has 19 heavy (non-hydrogen) atoms. The van der Waals surface area contributed by atoms with Crippen LogP contribution in [0.3, 0.4) is 0 Å². The van der Waals surface area contributed by atoms with Crippen molar-refractivity contribution in [3.8, 4) is 0 Å². The Labute approximate surface area is 125 Å². The second-order valence-corrected chi connectivity index (χ2v) is 6.71. The summed E-state index contributed by atoms with van der Waals surface area (Å²) >= 11 is 3.55. The molecule has 2 nitrogen and oxygen atoms in total. The van der Waals surface area contributed by atoms with Crippen molar-refractivity contribution in [1.29, 1.82) is 0 Å². The van der Waals surface area contributed by atoms with Gasteiger partial charge in [-0.2, -0.15) is 0 Å². The van der Waals surface area contributed by atoms with E-state index in [9.17, 15) is 0 Å². The van der Waals surface area contributed by atoms with E-state index >= 15 is 0 Å². The molecular weight excluding hydrogens is 300 g/mol. The van der Waals surface area contributed by atoms with Crippen molar-refractivity contribution >= 4 is 15.9 Å². The highest BCUT2D eigenvalue weighted by molar-refractivity contribution is 9.10. The van der Waals surface area contributed by atoms with Gasteiger partial charge in [0.05, 0.1) is 0 Å². The highest BCUT2D eigenvalue weighted by Gasteiger charge is 2.43. The van der Waals surface area contributed by atoms with E-state index in [1.54, 1.807) is 0 Å². The summed E-state index contributed by atoms with van der Waals surface area (Å²) in [5.41, 5.74) is 7.73. The summed E-state index contributed by atoms with van der Waals surface area (Å²) < 4.78 is 1.15. The first-order valence-electron chi connectivity index (χ1n) is 7.28. The number of benzene rings is 1. The molecule has 1 aliphatic rings. The maximum atomic E-state index is 6.17. The molecule has 1 aliphatic carbocycles. The standard InChI is InChI=1S/C16H25BrN2/c1-3-14-7-5-9-16(14,12-18)19(2)11-13-6-4-8-15(17)10-13/h4,6,8,10,14H,3,5,7,9,11-12,18H2,1-2H3. The molecule has 0 saturated heterocycles. The monoisotopic (exact) mass is 324 g/mol. The van der Waals surface area contributed by atoms with Crippen LogP contribution in [-0.2, 0) is 6.54 Å². The molecule has 2 rings (SSSR count). The third kappa shape index (κ3) is 3.04. The van der Waals surface area contributed by atoms with Crippen molar-refractivity contribution in [3.05, 3.63) is 34.3 Å². The summed E-state index contributed by atoms with van der Waals surface area (Å²) in [5, 5.41) is 0. The first-order chi connectivity index (χ1) is 9.12. The second-order valence-electron chi connectivity index (χ2n) is 5.79. The van der Waals surface area contributed by atoms with Crippen LogP contribution in [0.15, 0.2) is 28.7 Å². The summed E-state index contributed by atoms with van der Waals surface area (Å²) in [7, 11) is 2.24. The molecule has 0 bridgehead atoms. The van der Waals surface area contributed by atoms with E-state index < -0.39 is 0 Å². The highest BCUT2D eigenvalue weighted by atomic mass is 79.9. The van der Waals surface area contributed by atoms with Crippen molar-refractivity contribution in [2.45, 2.75) is 44.7 Å². The lowest BCUT2D eigenvalue weighted by Gasteiger charge is -2.43. The zero-order valence-corrected chi connectivity index (χ0v) is 13.6. The van der Waals surface area contributed by atoms with Gasteiger partial charge in [-0.05, 0) is 43.5 Å². The molecule has 0 aliphatic heterocycles. The van der Waals surface area contributed by atoms with Crippen molar-refractivity contribution in [3.63, 3.8) is 0 Å². The van der Waals surface area contributed by atoms with Crippen LogP contribution in [0.5, 0.6) is 0 Å². The molecule has 0 spiro atoms. The van der Waals surface area contributed by atoms with E-state index in [1.807, 2.05) is 0 Å². The minimum absolute atomic E-state index is 0.205. The normalized spacial score (nSPS) is 27.1. The molecule has 0 amide bonds. The van der Waals surface area contributed by atoms with E-state index in [0.717, 1.165) is 23.5 Å². The molecule has 106 valence electrons. The molecule has 0 heterocycles. The quantitative estimate of drug-likeness (QED) is 0.892. The van der Waals surface area contributed by atoms with Gasteiger partial charge in [0.1, 0.15) is 0 Å². The van der Waals surface area contributed by atoms with Gasteiger partial charge < -0.3 is 5.73 Å². The molecule has 1 aromatic rings. The fourth-order valence-corrected chi connectivity index (χ4v) is 4.15. The van der Waals surface area contributed by atoms with Crippen LogP contribution in [0.4, 0.5) is 0 Å². The van der Waals surface area contributed by atoms with E-state index in [0.29, 0.717) is 0 Å². The summed E-state index contributed by atoms with van der Waals surface area (Å²) in [6, 6.07) is 8.58. The van der Waals surface area contributed by atoms with Gasteiger partial charge in [-0.1, -0.05) is 47.8 Å². The Morgan fingerprint density at radius 1 is 1.47 bits per heavy atom. The van der Waals surface area contributed by atoms with E-state index in [4.69, 9.17) is 5.73 Å². The summed E-state index contributed by atoms with van der Waals surface area (Å²) in [6.45, 7) is 4.05. The predicted molar refractivity (Wildman–Crippen MR) is 85.0 cm³/mol. The molecule has 1 saturated carbocycles. The lowest BCUT2D eigenvalue weighted by molar-refractivity contribution is 0.0747. The second kappa shape index (κ2) is 6.38. The minimum atomic E-state index is 0.205. The van der Waals surface area contributed by atoms with Gasteiger partial charge >= 0.3 is 0 Å². The van der Waals surface area contributed by atoms with Gasteiger partial charge in [-0.25, -0.2) is 0 Å². The first kappa shape index (κ1) is 15.0. The van der Waals surface area contributed by atoms with Gasteiger partial charge in [0.15, 0.2) is 0 Å². The summed E-state index contributed by atoms with van der Waals surface area (Å²) in [4.78, 5) is 2.50. The number of hydrogen-bond donors (Lipinski definition) is 1. The molecule has 3 heteroatoms. The van der Waals surface area contributed by atoms with Crippen LogP contribution in [0.2, 0.25) is 0 Å². The van der Waals surface area contributed by atoms with Crippen LogP contribution in [0.25, 0.3) is 0 Å². The first-order valence-corrected chi connectivity index (χ1v) is 8.07. The van der Waals surface area contributed by atoms with Crippen molar-refractivity contribution in [1.82, 2.24) is 4.90 Å². The topological polar surface area (TPSA) is 29.3 Å². The minimum Gasteiger partial charge on any atom is -0.329 e. The van der Waals surface area contributed by atoms with Crippen molar-refractivity contribution < 1.29 is 0 Å². The molecule has 1 fully saturated rings. The summed E-state index contributed by atoms with van der Waals surface area (Å²) in [5.74, 6) is 0.745. The highest BCUT2D eigenvalue weighted by Crippen LogP contribution is 2.41. The van der Waals surface area contributed by atoms with Gasteiger partial charge in [0.2, 0.25) is 0 Å². The Hall–Kier alpha value is -0.380. The van der Waals surface area contributed by atoms with Gasteiger partial charge in [-0.15, -0.1) is 0 Å². The third-order valence-electron chi connectivity index (χ3n) is 4.84. The average molecular weight is 325 g/mol. The lowest BCUT2D eigenvalue weighted by Crippen LogP contribution is -2.54.